The van der Waals surface area contributed by atoms with E-state index in [1.165, 1.54) is 11.3 Å². The van der Waals surface area contributed by atoms with Crippen molar-refractivity contribution in [2.24, 2.45) is 0 Å². The van der Waals surface area contributed by atoms with Crippen LogP contribution in [0, 0.1) is 0 Å². The molecule has 5 nitrogen and oxygen atoms in total. The average molecular weight is 335 g/mol. The zero-order chi connectivity index (χ0) is 17.1. The first-order valence-electron chi connectivity index (χ1n) is 9.05. The summed E-state index contributed by atoms with van der Waals surface area (Å²) in [4.78, 5) is 9.41. The molecule has 0 bridgehead atoms. The van der Waals surface area contributed by atoms with Crippen LogP contribution in [0.2, 0.25) is 0 Å². The number of anilines is 2. The van der Waals surface area contributed by atoms with Gasteiger partial charge < -0.3 is 19.5 Å². The molecule has 1 aromatic carbocycles. The van der Waals surface area contributed by atoms with Crippen LogP contribution >= 0.6 is 0 Å². The van der Waals surface area contributed by atoms with Crippen molar-refractivity contribution in [3.05, 3.63) is 60.6 Å². The van der Waals surface area contributed by atoms with Crippen molar-refractivity contribution in [1.82, 2.24) is 14.3 Å². The molecule has 3 aromatic rings. The third kappa shape index (κ3) is 3.46. The fraction of sp³-hybridized carbons (Fsp3) is 0.350. The fourth-order valence-corrected chi connectivity index (χ4v) is 3.46. The lowest BCUT2D eigenvalue weighted by Gasteiger charge is -2.35. The van der Waals surface area contributed by atoms with E-state index in [9.17, 15) is 0 Å². The number of benzene rings is 1. The first kappa shape index (κ1) is 16.0. The molecule has 1 N–H and O–H groups in total. The zero-order valence-corrected chi connectivity index (χ0v) is 14.7. The lowest BCUT2D eigenvalue weighted by molar-refractivity contribution is 0.271. The van der Waals surface area contributed by atoms with Crippen LogP contribution in [-0.2, 0) is 6.54 Å². The molecule has 1 aliphatic rings. The normalized spacial score (nSPS) is 15.6. The Hall–Kier alpha value is -2.53. The van der Waals surface area contributed by atoms with Gasteiger partial charge in [0, 0.05) is 68.3 Å². The van der Waals surface area contributed by atoms with Gasteiger partial charge in [0.2, 0.25) is 0 Å². The van der Waals surface area contributed by atoms with Crippen LogP contribution in [0.25, 0.3) is 5.65 Å². The van der Waals surface area contributed by atoms with Gasteiger partial charge in [-0.2, -0.15) is 0 Å². The number of hydrogen-bond donors (Lipinski definition) is 1. The van der Waals surface area contributed by atoms with E-state index in [-0.39, 0.29) is 0 Å². The topological polar surface area (TPSA) is 35.8 Å². The van der Waals surface area contributed by atoms with E-state index in [0.29, 0.717) is 0 Å². The smallest absolute Gasteiger partial charge is 0.141 e. The number of aromatic nitrogens is 2. The number of nitrogens with one attached hydrogen (secondary N) is 1. The van der Waals surface area contributed by atoms with Crippen LogP contribution in [0.3, 0.4) is 0 Å². The number of pyridine rings is 1. The Kier molecular flexibility index (Phi) is 4.57. The highest BCUT2D eigenvalue weighted by atomic mass is 15.3. The van der Waals surface area contributed by atoms with Gasteiger partial charge in [-0.15, -0.1) is 0 Å². The molecule has 0 radical (unpaired) electrons. The Morgan fingerprint density at radius 1 is 1.00 bits per heavy atom. The highest BCUT2D eigenvalue weighted by Gasteiger charge is 2.15. The Morgan fingerprint density at radius 2 is 1.80 bits per heavy atom. The van der Waals surface area contributed by atoms with Gasteiger partial charge in [0.25, 0.3) is 0 Å². The highest BCUT2D eigenvalue weighted by Crippen LogP contribution is 2.20. The fourth-order valence-electron chi connectivity index (χ4n) is 3.46. The van der Waals surface area contributed by atoms with E-state index in [0.717, 1.165) is 50.6 Å². The zero-order valence-electron chi connectivity index (χ0n) is 14.7. The standard InChI is InChI=1S/C20H25N5/c1-2-23-12-14-24(15-13-23)19-7-5-18(6-8-19)22-16-17-4-3-10-25-11-9-21-20(17)25/h3-11,22H,2,12-16H2,1H3. The number of hydrogen-bond acceptors (Lipinski definition) is 4. The molecule has 0 atom stereocenters. The van der Waals surface area contributed by atoms with Crippen molar-refractivity contribution in [3.63, 3.8) is 0 Å². The molecule has 1 saturated heterocycles. The summed E-state index contributed by atoms with van der Waals surface area (Å²) in [6.45, 7) is 8.70. The Morgan fingerprint density at radius 3 is 2.56 bits per heavy atom. The van der Waals surface area contributed by atoms with Crippen molar-refractivity contribution >= 4 is 17.0 Å². The van der Waals surface area contributed by atoms with Crippen LogP contribution in [-0.4, -0.2) is 47.0 Å². The molecular formula is C20H25N5. The number of fused-ring (bicyclic) bond motifs is 1. The summed E-state index contributed by atoms with van der Waals surface area (Å²) in [7, 11) is 0. The van der Waals surface area contributed by atoms with Gasteiger partial charge in [0.15, 0.2) is 0 Å². The van der Waals surface area contributed by atoms with Gasteiger partial charge in [-0.1, -0.05) is 13.0 Å². The van der Waals surface area contributed by atoms with E-state index in [2.05, 4.69) is 67.8 Å². The van der Waals surface area contributed by atoms with Crippen LogP contribution in [0.4, 0.5) is 11.4 Å². The van der Waals surface area contributed by atoms with Gasteiger partial charge in [-0.05, 0) is 36.9 Å². The summed E-state index contributed by atoms with van der Waals surface area (Å²) in [6.07, 6.45) is 5.84. The van der Waals surface area contributed by atoms with Crippen molar-refractivity contribution in [1.29, 1.82) is 0 Å². The van der Waals surface area contributed by atoms with Crippen LogP contribution in [0.15, 0.2) is 55.0 Å². The Bertz CT molecular complexity index is 815. The van der Waals surface area contributed by atoms with Crippen molar-refractivity contribution in [2.75, 3.05) is 42.9 Å². The maximum absolute atomic E-state index is 4.43. The molecule has 1 aliphatic heterocycles. The van der Waals surface area contributed by atoms with Gasteiger partial charge in [-0.3, -0.25) is 0 Å². The van der Waals surface area contributed by atoms with Gasteiger partial charge >= 0.3 is 0 Å². The van der Waals surface area contributed by atoms with Gasteiger partial charge in [0.1, 0.15) is 5.65 Å². The summed E-state index contributed by atoms with van der Waals surface area (Å²) < 4.78 is 2.05. The lowest BCUT2D eigenvalue weighted by atomic mass is 10.2. The molecule has 25 heavy (non-hydrogen) atoms. The minimum absolute atomic E-state index is 0.774. The van der Waals surface area contributed by atoms with E-state index in [1.54, 1.807) is 0 Å². The number of nitrogens with zero attached hydrogens (tertiary/aromatic N) is 4. The largest absolute Gasteiger partial charge is 0.381 e. The second-order valence-corrected chi connectivity index (χ2v) is 6.51. The van der Waals surface area contributed by atoms with Crippen molar-refractivity contribution in [3.8, 4) is 0 Å². The maximum atomic E-state index is 4.43. The minimum atomic E-state index is 0.774. The molecule has 0 unspecified atom stereocenters. The van der Waals surface area contributed by atoms with E-state index in [1.807, 2.05) is 18.6 Å². The third-order valence-electron chi connectivity index (χ3n) is 5.03. The molecule has 0 spiro atoms. The quantitative estimate of drug-likeness (QED) is 0.777. The van der Waals surface area contributed by atoms with Crippen LogP contribution < -0.4 is 10.2 Å². The van der Waals surface area contributed by atoms with E-state index < -0.39 is 0 Å². The SMILES string of the molecule is CCN1CCN(c2ccc(NCc3cccn4ccnc34)cc2)CC1. The summed E-state index contributed by atoms with van der Waals surface area (Å²) in [6, 6.07) is 13.0. The lowest BCUT2D eigenvalue weighted by Crippen LogP contribution is -2.46. The predicted molar refractivity (Wildman–Crippen MR) is 103 cm³/mol. The maximum Gasteiger partial charge on any atom is 0.141 e. The number of imidazole rings is 1. The summed E-state index contributed by atoms with van der Waals surface area (Å²) >= 11 is 0. The van der Waals surface area contributed by atoms with Crippen LogP contribution in [0.1, 0.15) is 12.5 Å². The van der Waals surface area contributed by atoms with Crippen molar-refractivity contribution in [2.45, 2.75) is 13.5 Å². The average Bonchev–Trinajstić information content (AvgIpc) is 3.16. The minimum Gasteiger partial charge on any atom is -0.381 e. The molecule has 130 valence electrons. The molecule has 1 fully saturated rings. The van der Waals surface area contributed by atoms with E-state index in [4.69, 9.17) is 0 Å². The Labute approximate surface area is 148 Å². The second-order valence-electron chi connectivity index (χ2n) is 6.51. The predicted octanol–water partition coefficient (Wildman–Crippen LogP) is 3.09. The van der Waals surface area contributed by atoms with Gasteiger partial charge in [0.05, 0.1) is 0 Å². The number of likely N-dealkylation sites (N-methyl/N-ethyl adjacent to an activating group) is 1. The van der Waals surface area contributed by atoms with E-state index >= 15 is 0 Å². The summed E-state index contributed by atoms with van der Waals surface area (Å²) in [5.74, 6) is 0. The van der Waals surface area contributed by atoms with Gasteiger partial charge in [-0.25, -0.2) is 4.98 Å². The molecule has 4 rings (SSSR count). The number of rotatable bonds is 5. The molecular weight excluding hydrogens is 310 g/mol. The molecule has 5 heteroatoms. The Balaban J connectivity index is 1.38. The van der Waals surface area contributed by atoms with Crippen LogP contribution in [0.5, 0.6) is 0 Å². The monoisotopic (exact) mass is 335 g/mol. The summed E-state index contributed by atoms with van der Waals surface area (Å²) in [5.41, 5.74) is 4.67. The first-order chi connectivity index (χ1) is 12.3. The molecule has 3 heterocycles. The third-order valence-corrected chi connectivity index (χ3v) is 5.03. The number of piperazine rings is 1. The molecule has 0 saturated carbocycles. The molecule has 0 aliphatic carbocycles. The molecule has 2 aromatic heterocycles. The summed E-state index contributed by atoms with van der Waals surface area (Å²) in [5, 5.41) is 3.51. The highest BCUT2D eigenvalue weighted by molar-refractivity contribution is 5.56. The molecule has 0 amide bonds. The first-order valence-corrected chi connectivity index (χ1v) is 9.05. The second kappa shape index (κ2) is 7.15. The van der Waals surface area contributed by atoms with Crippen molar-refractivity contribution < 1.29 is 0 Å².